The molecule has 2 aromatic carbocycles. The molecule has 27 heavy (non-hydrogen) atoms. The molecular formula is C22H24N2OS2. The summed E-state index contributed by atoms with van der Waals surface area (Å²) in [5.74, 6) is 0.899. The van der Waals surface area contributed by atoms with E-state index in [1.165, 1.54) is 10.6 Å². The van der Waals surface area contributed by atoms with Gasteiger partial charge < -0.3 is 10.2 Å². The molecule has 0 spiro atoms. The summed E-state index contributed by atoms with van der Waals surface area (Å²) in [6, 6.07) is 22.3. The predicted octanol–water partition coefficient (Wildman–Crippen LogP) is 5.30. The van der Waals surface area contributed by atoms with Gasteiger partial charge in [-0.1, -0.05) is 36.4 Å². The van der Waals surface area contributed by atoms with E-state index in [9.17, 15) is 4.79 Å². The van der Waals surface area contributed by atoms with Crippen LogP contribution in [0.15, 0.2) is 77.0 Å². The molecule has 0 atom stereocenters. The molecule has 5 heteroatoms. The van der Waals surface area contributed by atoms with Crippen molar-refractivity contribution in [1.29, 1.82) is 0 Å². The molecule has 1 N–H and O–H groups in total. The number of benzene rings is 2. The van der Waals surface area contributed by atoms with Crippen molar-refractivity contribution in [2.45, 2.75) is 17.1 Å². The first-order valence-electron chi connectivity index (χ1n) is 9.02. The van der Waals surface area contributed by atoms with Crippen molar-refractivity contribution in [3.63, 3.8) is 0 Å². The van der Waals surface area contributed by atoms with E-state index in [-0.39, 0.29) is 5.91 Å². The van der Waals surface area contributed by atoms with Crippen LogP contribution in [-0.4, -0.2) is 26.0 Å². The average Bonchev–Trinajstić information content (AvgIpc) is 3.24. The standard InChI is InChI=1S/C22H24N2OS2/c1-24(18-9-3-2-4-10-18)15-8-14-23-22(25)20-12-5-6-13-21(20)27-17-19-11-7-16-26-19/h2-7,9-13,16H,8,14-15,17H2,1H3,(H,23,25). The Morgan fingerprint density at radius 1 is 1.04 bits per heavy atom. The lowest BCUT2D eigenvalue weighted by molar-refractivity contribution is 0.0950. The number of hydrogen-bond donors (Lipinski definition) is 1. The van der Waals surface area contributed by atoms with Crippen molar-refractivity contribution in [2.75, 3.05) is 25.0 Å². The number of rotatable bonds is 9. The molecule has 3 aromatic rings. The van der Waals surface area contributed by atoms with Gasteiger partial charge in [0, 0.05) is 41.4 Å². The van der Waals surface area contributed by atoms with Crippen molar-refractivity contribution < 1.29 is 4.79 Å². The van der Waals surface area contributed by atoms with Crippen LogP contribution in [0.5, 0.6) is 0 Å². The highest BCUT2D eigenvalue weighted by molar-refractivity contribution is 7.98. The Bertz CT molecular complexity index is 835. The van der Waals surface area contributed by atoms with Crippen molar-refractivity contribution in [3.8, 4) is 0 Å². The zero-order valence-electron chi connectivity index (χ0n) is 15.4. The maximum Gasteiger partial charge on any atom is 0.252 e. The van der Waals surface area contributed by atoms with Crippen LogP contribution in [0.25, 0.3) is 0 Å². The van der Waals surface area contributed by atoms with Gasteiger partial charge in [0.05, 0.1) is 5.56 Å². The van der Waals surface area contributed by atoms with E-state index in [2.05, 4.69) is 46.9 Å². The number of carbonyl (C=O) groups is 1. The summed E-state index contributed by atoms with van der Waals surface area (Å²) in [6.07, 6.45) is 0.904. The van der Waals surface area contributed by atoms with Crippen LogP contribution in [-0.2, 0) is 5.75 Å². The lowest BCUT2D eigenvalue weighted by Gasteiger charge is -2.19. The highest BCUT2D eigenvalue weighted by Crippen LogP contribution is 2.27. The van der Waals surface area contributed by atoms with Gasteiger partial charge in [0.2, 0.25) is 0 Å². The molecule has 0 aliphatic carbocycles. The number of carbonyl (C=O) groups excluding carboxylic acids is 1. The fraction of sp³-hybridized carbons (Fsp3) is 0.227. The van der Waals surface area contributed by atoms with E-state index in [1.54, 1.807) is 23.1 Å². The molecule has 0 aliphatic heterocycles. The summed E-state index contributed by atoms with van der Waals surface area (Å²) in [7, 11) is 2.08. The minimum atomic E-state index is 0.00615. The van der Waals surface area contributed by atoms with Crippen LogP contribution in [0, 0.1) is 0 Å². The number of para-hydroxylation sites is 1. The summed E-state index contributed by atoms with van der Waals surface area (Å²) < 4.78 is 0. The molecule has 3 rings (SSSR count). The second-order valence-electron chi connectivity index (χ2n) is 6.23. The SMILES string of the molecule is CN(CCCNC(=O)c1ccccc1SCc1cccs1)c1ccccc1. The number of nitrogens with one attached hydrogen (secondary N) is 1. The fourth-order valence-corrected chi connectivity index (χ4v) is 4.57. The smallest absolute Gasteiger partial charge is 0.252 e. The molecule has 0 bridgehead atoms. The molecule has 1 amide bonds. The lowest BCUT2D eigenvalue weighted by Crippen LogP contribution is -2.28. The quantitative estimate of drug-likeness (QED) is 0.394. The largest absolute Gasteiger partial charge is 0.375 e. The molecular weight excluding hydrogens is 372 g/mol. The van der Waals surface area contributed by atoms with E-state index in [4.69, 9.17) is 0 Å². The Labute approximate surface area is 169 Å². The van der Waals surface area contributed by atoms with Crippen molar-refractivity contribution in [2.24, 2.45) is 0 Å². The Kier molecular flexibility index (Phi) is 7.36. The van der Waals surface area contributed by atoms with Gasteiger partial charge in [-0.15, -0.1) is 23.1 Å². The summed E-state index contributed by atoms with van der Waals surface area (Å²) in [6.45, 7) is 1.57. The molecule has 1 aromatic heterocycles. The lowest BCUT2D eigenvalue weighted by atomic mass is 10.2. The van der Waals surface area contributed by atoms with Gasteiger partial charge in [-0.2, -0.15) is 0 Å². The predicted molar refractivity (Wildman–Crippen MR) is 117 cm³/mol. The molecule has 3 nitrogen and oxygen atoms in total. The minimum absolute atomic E-state index is 0.00615. The number of thiophene rings is 1. The van der Waals surface area contributed by atoms with Gasteiger partial charge in [0.25, 0.3) is 5.91 Å². The highest BCUT2D eigenvalue weighted by atomic mass is 32.2. The normalized spacial score (nSPS) is 10.6. The van der Waals surface area contributed by atoms with Crippen LogP contribution in [0.2, 0.25) is 0 Å². The number of thioether (sulfide) groups is 1. The maximum absolute atomic E-state index is 12.6. The number of anilines is 1. The topological polar surface area (TPSA) is 32.3 Å². The molecule has 0 fully saturated rings. The highest BCUT2D eigenvalue weighted by Gasteiger charge is 2.11. The maximum atomic E-state index is 12.6. The second-order valence-corrected chi connectivity index (χ2v) is 8.28. The Hall–Kier alpha value is -2.24. The fourth-order valence-electron chi connectivity index (χ4n) is 2.75. The van der Waals surface area contributed by atoms with Gasteiger partial charge in [0.1, 0.15) is 0 Å². The number of amides is 1. The van der Waals surface area contributed by atoms with Crippen molar-refractivity contribution in [1.82, 2.24) is 5.32 Å². The van der Waals surface area contributed by atoms with E-state index in [0.717, 1.165) is 29.2 Å². The first kappa shape index (κ1) is 19.5. The van der Waals surface area contributed by atoms with Crippen molar-refractivity contribution >= 4 is 34.7 Å². The van der Waals surface area contributed by atoms with Gasteiger partial charge in [0.15, 0.2) is 0 Å². The van der Waals surface area contributed by atoms with Crippen LogP contribution >= 0.6 is 23.1 Å². The number of hydrogen-bond acceptors (Lipinski definition) is 4. The van der Waals surface area contributed by atoms with Gasteiger partial charge in [-0.05, 0) is 42.1 Å². The van der Waals surface area contributed by atoms with E-state index < -0.39 is 0 Å². The monoisotopic (exact) mass is 396 g/mol. The summed E-state index contributed by atoms with van der Waals surface area (Å²) in [5, 5.41) is 5.15. The van der Waals surface area contributed by atoms with Crippen LogP contribution in [0.3, 0.4) is 0 Å². The summed E-state index contributed by atoms with van der Waals surface area (Å²) in [4.78, 5) is 17.2. The summed E-state index contributed by atoms with van der Waals surface area (Å²) >= 11 is 3.46. The molecule has 0 aliphatic rings. The first-order valence-corrected chi connectivity index (χ1v) is 10.9. The third-order valence-electron chi connectivity index (χ3n) is 4.23. The van der Waals surface area contributed by atoms with Crippen LogP contribution in [0.1, 0.15) is 21.7 Å². The third-order valence-corrected chi connectivity index (χ3v) is 6.42. The molecule has 0 saturated heterocycles. The first-order chi connectivity index (χ1) is 13.2. The van der Waals surface area contributed by atoms with E-state index in [1.807, 2.05) is 42.5 Å². The molecule has 1 heterocycles. The van der Waals surface area contributed by atoms with E-state index in [0.29, 0.717) is 6.54 Å². The molecule has 0 radical (unpaired) electrons. The average molecular weight is 397 g/mol. The summed E-state index contributed by atoms with van der Waals surface area (Å²) in [5.41, 5.74) is 1.95. The van der Waals surface area contributed by atoms with Gasteiger partial charge in [-0.25, -0.2) is 0 Å². The third kappa shape index (κ3) is 5.88. The second kappa shape index (κ2) is 10.2. The Balaban J connectivity index is 1.48. The molecule has 140 valence electrons. The Morgan fingerprint density at radius 3 is 2.59 bits per heavy atom. The van der Waals surface area contributed by atoms with Crippen LogP contribution < -0.4 is 10.2 Å². The van der Waals surface area contributed by atoms with Crippen LogP contribution in [0.4, 0.5) is 5.69 Å². The number of nitrogens with zero attached hydrogens (tertiary/aromatic N) is 1. The molecule has 0 unspecified atom stereocenters. The zero-order chi connectivity index (χ0) is 18.9. The minimum Gasteiger partial charge on any atom is -0.375 e. The van der Waals surface area contributed by atoms with Gasteiger partial charge in [-0.3, -0.25) is 4.79 Å². The zero-order valence-corrected chi connectivity index (χ0v) is 17.1. The van der Waals surface area contributed by atoms with Gasteiger partial charge >= 0.3 is 0 Å². The van der Waals surface area contributed by atoms with E-state index >= 15 is 0 Å². The Morgan fingerprint density at radius 2 is 1.81 bits per heavy atom. The van der Waals surface area contributed by atoms with Crippen molar-refractivity contribution in [3.05, 3.63) is 82.6 Å². The molecule has 0 saturated carbocycles.